The second kappa shape index (κ2) is 5.06. The molecule has 0 amide bonds. The maximum Gasteiger partial charge on any atom is 0.163 e. The molecule has 1 aliphatic rings. The fourth-order valence-electron chi connectivity index (χ4n) is 2.16. The molecular formula is C12H16BrNO2. The van der Waals surface area contributed by atoms with Gasteiger partial charge in [0.1, 0.15) is 0 Å². The monoisotopic (exact) mass is 285 g/mol. The van der Waals surface area contributed by atoms with Gasteiger partial charge in [0, 0.05) is 16.1 Å². The summed E-state index contributed by atoms with van der Waals surface area (Å²) in [6, 6.07) is 3.91. The van der Waals surface area contributed by atoms with Gasteiger partial charge >= 0.3 is 0 Å². The molecule has 1 atom stereocenters. The molecule has 0 unspecified atom stereocenters. The topological polar surface area (TPSA) is 41.5 Å². The minimum absolute atomic E-state index is 0.221. The van der Waals surface area contributed by atoms with Crippen molar-refractivity contribution in [1.82, 2.24) is 5.32 Å². The van der Waals surface area contributed by atoms with Crippen molar-refractivity contribution in [2.45, 2.75) is 25.3 Å². The molecule has 1 aromatic carbocycles. The molecule has 0 aliphatic carbocycles. The Morgan fingerprint density at radius 3 is 2.88 bits per heavy atom. The number of piperidine rings is 1. The second-order valence-electron chi connectivity index (χ2n) is 4.01. The molecular weight excluding hydrogens is 270 g/mol. The van der Waals surface area contributed by atoms with Crippen molar-refractivity contribution in [3.63, 3.8) is 0 Å². The molecule has 2 rings (SSSR count). The molecule has 1 heterocycles. The quantitative estimate of drug-likeness (QED) is 0.878. The zero-order chi connectivity index (χ0) is 11.5. The molecule has 4 heteroatoms. The largest absolute Gasteiger partial charge is 0.504 e. The van der Waals surface area contributed by atoms with Crippen LogP contribution in [0.5, 0.6) is 11.5 Å². The normalized spacial score (nSPS) is 20.8. The summed E-state index contributed by atoms with van der Waals surface area (Å²) in [5.74, 6) is 0.779. The number of rotatable bonds is 2. The zero-order valence-corrected chi connectivity index (χ0v) is 10.9. The summed E-state index contributed by atoms with van der Waals surface area (Å²) in [6.45, 7) is 1.01. The summed E-state index contributed by atoms with van der Waals surface area (Å²) in [4.78, 5) is 0. The molecule has 1 aromatic rings. The predicted molar refractivity (Wildman–Crippen MR) is 67.0 cm³/mol. The van der Waals surface area contributed by atoms with Gasteiger partial charge in [-0.2, -0.15) is 0 Å². The Labute approximate surface area is 104 Å². The van der Waals surface area contributed by atoms with Crippen LogP contribution in [0.1, 0.15) is 30.9 Å². The molecule has 3 nitrogen and oxygen atoms in total. The molecule has 0 spiro atoms. The summed E-state index contributed by atoms with van der Waals surface area (Å²) in [5.41, 5.74) is 0.916. The van der Waals surface area contributed by atoms with Gasteiger partial charge in [-0.05, 0) is 31.5 Å². The van der Waals surface area contributed by atoms with Crippen molar-refractivity contribution in [2.75, 3.05) is 13.7 Å². The van der Waals surface area contributed by atoms with Gasteiger partial charge in [0.05, 0.1) is 7.11 Å². The van der Waals surface area contributed by atoms with Crippen molar-refractivity contribution >= 4 is 15.9 Å². The number of aromatic hydroxyl groups is 1. The van der Waals surface area contributed by atoms with Gasteiger partial charge in [0.2, 0.25) is 0 Å². The number of methoxy groups -OCH3 is 1. The molecule has 0 radical (unpaired) electrons. The molecule has 0 bridgehead atoms. The molecule has 0 aromatic heterocycles. The van der Waals surface area contributed by atoms with Gasteiger partial charge in [-0.25, -0.2) is 0 Å². The highest BCUT2D eigenvalue weighted by atomic mass is 79.9. The third kappa shape index (κ3) is 2.18. The van der Waals surface area contributed by atoms with Gasteiger partial charge in [-0.15, -0.1) is 0 Å². The first-order valence-corrected chi connectivity index (χ1v) is 6.32. The standard InChI is InChI=1S/C12H16BrNO2/c1-16-10-6-5-8(13)11(12(10)15)9-4-2-3-7-14-9/h5-6,9,14-15H,2-4,7H2,1H3/t9-/m0/s1. The number of phenolic OH excluding ortho intramolecular Hbond substituents is 1. The van der Waals surface area contributed by atoms with E-state index >= 15 is 0 Å². The van der Waals surface area contributed by atoms with E-state index in [9.17, 15) is 5.11 Å². The summed E-state index contributed by atoms with van der Waals surface area (Å²) < 4.78 is 6.07. The lowest BCUT2D eigenvalue weighted by Crippen LogP contribution is -2.27. The third-order valence-corrected chi connectivity index (χ3v) is 3.70. The number of hydrogen-bond donors (Lipinski definition) is 2. The lowest BCUT2D eigenvalue weighted by molar-refractivity contribution is 0.354. The van der Waals surface area contributed by atoms with Crippen LogP contribution in [-0.4, -0.2) is 18.8 Å². The van der Waals surface area contributed by atoms with E-state index in [1.807, 2.05) is 6.07 Å². The Morgan fingerprint density at radius 2 is 2.25 bits per heavy atom. The first-order valence-electron chi connectivity index (χ1n) is 5.52. The average molecular weight is 286 g/mol. The molecule has 0 saturated carbocycles. The molecule has 1 fully saturated rings. The van der Waals surface area contributed by atoms with Crippen LogP contribution in [0.4, 0.5) is 0 Å². The number of halogens is 1. The van der Waals surface area contributed by atoms with Gasteiger partial charge in [0.25, 0.3) is 0 Å². The van der Waals surface area contributed by atoms with Crippen molar-refractivity contribution < 1.29 is 9.84 Å². The Kier molecular flexibility index (Phi) is 3.71. The molecule has 1 aliphatic heterocycles. The fraction of sp³-hybridized carbons (Fsp3) is 0.500. The Morgan fingerprint density at radius 1 is 1.44 bits per heavy atom. The molecule has 16 heavy (non-hydrogen) atoms. The third-order valence-electron chi connectivity index (χ3n) is 3.01. The number of phenols is 1. The molecule has 1 saturated heterocycles. The van der Waals surface area contributed by atoms with Gasteiger partial charge in [0.15, 0.2) is 11.5 Å². The van der Waals surface area contributed by atoms with Crippen LogP contribution in [0.15, 0.2) is 16.6 Å². The number of benzene rings is 1. The zero-order valence-electron chi connectivity index (χ0n) is 9.29. The second-order valence-corrected chi connectivity index (χ2v) is 4.87. The summed E-state index contributed by atoms with van der Waals surface area (Å²) in [7, 11) is 1.57. The minimum Gasteiger partial charge on any atom is -0.504 e. The lowest BCUT2D eigenvalue weighted by Gasteiger charge is -2.26. The van der Waals surface area contributed by atoms with E-state index in [-0.39, 0.29) is 11.8 Å². The van der Waals surface area contributed by atoms with Crippen molar-refractivity contribution in [3.05, 3.63) is 22.2 Å². The van der Waals surface area contributed by atoms with Crippen molar-refractivity contribution in [3.8, 4) is 11.5 Å². The SMILES string of the molecule is COc1ccc(Br)c([C@@H]2CCCCN2)c1O. The highest BCUT2D eigenvalue weighted by Crippen LogP contribution is 2.41. The van der Waals surface area contributed by atoms with Crippen LogP contribution in [0.2, 0.25) is 0 Å². The fourth-order valence-corrected chi connectivity index (χ4v) is 2.75. The van der Waals surface area contributed by atoms with Crippen molar-refractivity contribution in [1.29, 1.82) is 0 Å². The molecule has 2 N–H and O–H groups in total. The first kappa shape index (κ1) is 11.7. The Hall–Kier alpha value is -0.740. The summed E-state index contributed by atoms with van der Waals surface area (Å²) >= 11 is 3.49. The smallest absolute Gasteiger partial charge is 0.163 e. The van der Waals surface area contributed by atoms with Crippen LogP contribution < -0.4 is 10.1 Å². The van der Waals surface area contributed by atoms with Crippen LogP contribution >= 0.6 is 15.9 Å². The van der Waals surface area contributed by atoms with Crippen LogP contribution in [0.3, 0.4) is 0 Å². The van der Waals surface area contributed by atoms with E-state index < -0.39 is 0 Å². The Bertz CT molecular complexity index is 376. The van der Waals surface area contributed by atoms with E-state index in [1.54, 1.807) is 13.2 Å². The van der Waals surface area contributed by atoms with Gasteiger partial charge in [-0.3, -0.25) is 0 Å². The van der Waals surface area contributed by atoms with Gasteiger partial charge < -0.3 is 15.2 Å². The Balaban J connectivity index is 2.37. The number of hydrogen-bond acceptors (Lipinski definition) is 3. The molecule has 88 valence electrons. The first-order chi connectivity index (χ1) is 7.74. The maximum atomic E-state index is 10.1. The van der Waals surface area contributed by atoms with E-state index in [1.165, 1.54) is 12.8 Å². The summed E-state index contributed by atoms with van der Waals surface area (Å²) in [6.07, 6.45) is 3.46. The van der Waals surface area contributed by atoms with Crippen LogP contribution in [0.25, 0.3) is 0 Å². The maximum absolute atomic E-state index is 10.1. The highest BCUT2D eigenvalue weighted by molar-refractivity contribution is 9.10. The minimum atomic E-state index is 0.221. The number of ether oxygens (including phenoxy) is 1. The highest BCUT2D eigenvalue weighted by Gasteiger charge is 2.22. The summed E-state index contributed by atoms with van der Waals surface area (Å²) in [5, 5.41) is 13.5. The van der Waals surface area contributed by atoms with Crippen LogP contribution in [0, 0.1) is 0 Å². The predicted octanol–water partition coefficient (Wildman–Crippen LogP) is 2.98. The lowest BCUT2D eigenvalue weighted by atomic mass is 9.96. The number of nitrogens with one attached hydrogen (secondary N) is 1. The van der Waals surface area contributed by atoms with E-state index in [0.29, 0.717) is 5.75 Å². The van der Waals surface area contributed by atoms with E-state index in [0.717, 1.165) is 23.0 Å². The van der Waals surface area contributed by atoms with Crippen LogP contribution in [-0.2, 0) is 0 Å². The average Bonchev–Trinajstić information content (AvgIpc) is 2.31. The van der Waals surface area contributed by atoms with Crippen molar-refractivity contribution in [2.24, 2.45) is 0 Å². The van der Waals surface area contributed by atoms with E-state index in [4.69, 9.17) is 4.74 Å². The van der Waals surface area contributed by atoms with E-state index in [2.05, 4.69) is 21.2 Å². The van der Waals surface area contributed by atoms with Gasteiger partial charge in [-0.1, -0.05) is 22.4 Å².